The zero-order valence-electron chi connectivity index (χ0n) is 13.8. The number of carbonyl (C=O) groups excluding carboxylic acids is 2. The van der Waals surface area contributed by atoms with Gasteiger partial charge in [0.25, 0.3) is 5.91 Å². The number of amides is 2. The summed E-state index contributed by atoms with van der Waals surface area (Å²) < 4.78 is 42.9. The Bertz CT molecular complexity index is 785. The third-order valence-electron chi connectivity index (χ3n) is 4.95. The number of rotatable bonds is 3. The predicted molar refractivity (Wildman–Crippen MR) is 87.0 cm³/mol. The second-order valence-corrected chi connectivity index (χ2v) is 8.56. The Morgan fingerprint density at radius 3 is 2.36 bits per heavy atom. The summed E-state index contributed by atoms with van der Waals surface area (Å²) >= 11 is 0. The highest BCUT2D eigenvalue weighted by Crippen LogP contribution is 2.38. The lowest BCUT2D eigenvalue weighted by Gasteiger charge is -2.41. The number of piperidine rings is 1. The molecule has 1 spiro atoms. The SMILES string of the molecule is CN1C(=O)CS(=O)(=O)C12CCN(C(=O)COc1ccc(F)cc1)CC2. The predicted octanol–water partition coefficient (Wildman–Crippen LogP) is 0.410. The second-order valence-electron chi connectivity index (χ2n) is 6.28. The van der Waals surface area contributed by atoms with Gasteiger partial charge in [0.05, 0.1) is 0 Å². The molecule has 3 rings (SSSR count). The zero-order valence-corrected chi connectivity index (χ0v) is 14.6. The Morgan fingerprint density at radius 2 is 1.84 bits per heavy atom. The van der Waals surface area contributed by atoms with Crippen molar-refractivity contribution in [3.05, 3.63) is 30.1 Å². The molecule has 0 aromatic heterocycles. The van der Waals surface area contributed by atoms with Gasteiger partial charge in [-0.1, -0.05) is 0 Å². The first-order valence-corrected chi connectivity index (χ1v) is 9.55. The number of hydrogen-bond donors (Lipinski definition) is 0. The van der Waals surface area contributed by atoms with Crippen LogP contribution in [-0.2, 0) is 19.4 Å². The molecule has 7 nitrogen and oxygen atoms in total. The van der Waals surface area contributed by atoms with Crippen LogP contribution in [0.1, 0.15) is 12.8 Å². The van der Waals surface area contributed by atoms with Crippen LogP contribution < -0.4 is 4.74 Å². The fourth-order valence-corrected chi connectivity index (χ4v) is 5.46. The summed E-state index contributed by atoms with van der Waals surface area (Å²) in [6.07, 6.45) is 0.389. The molecule has 1 aromatic rings. The van der Waals surface area contributed by atoms with E-state index in [4.69, 9.17) is 4.74 Å². The van der Waals surface area contributed by atoms with Crippen LogP contribution in [0.25, 0.3) is 0 Å². The van der Waals surface area contributed by atoms with E-state index in [1.165, 1.54) is 41.1 Å². The lowest BCUT2D eigenvalue weighted by molar-refractivity contribution is -0.136. The highest BCUT2D eigenvalue weighted by atomic mass is 32.2. The minimum Gasteiger partial charge on any atom is -0.484 e. The van der Waals surface area contributed by atoms with Crippen molar-refractivity contribution in [3.8, 4) is 5.75 Å². The molecule has 0 unspecified atom stereocenters. The summed E-state index contributed by atoms with van der Waals surface area (Å²) in [7, 11) is -2.04. The number of hydrogen-bond acceptors (Lipinski definition) is 5. The fraction of sp³-hybridized carbons (Fsp3) is 0.500. The zero-order chi connectivity index (χ0) is 18.2. The van der Waals surface area contributed by atoms with E-state index in [0.717, 1.165) is 0 Å². The molecule has 2 aliphatic rings. The topological polar surface area (TPSA) is 84.0 Å². The van der Waals surface area contributed by atoms with Crippen molar-refractivity contribution in [3.63, 3.8) is 0 Å². The van der Waals surface area contributed by atoms with Crippen LogP contribution in [0.5, 0.6) is 5.75 Å². The Labute approximate surface area is 145 Å². The molecule has 0 radical (unpaired) electrons. The van der Waals surface area contributed by atoms with Crippen LogP contribution in [0.2, 0.25) is 0 Å². The van der Waals surface area contributed by atoms with Crippen molar-refractivity contribution in [1.82, 2.24) is 9.80 Å². The van der Waals surface area contributed by atoms with Gasteiger partial charge in [-0.3, -0.25) is 9.59 Å². The summed E-state index contributed by atoms with van der Waals surface area (Å²) in [6.45, 7) is 0.269. The van der Waals surface area contributed by atoms with E-state index in [0.29, 0.717) is 5.75 Å². The maximum atomic E-state index is 12.8. The van der Waals surface area contributed by atoms with E-state index in [-0.39, 0.29) is 38.4 Å². The van der Waals surface area contributed by atoms with Gasteiger partial charge in [-0.25, -0.2) is 12.8 Å². The second kappa shape index (κ2) is 6.29. The van der Waals surface area contributed by atoms with Crippen LogP contribution in [0.3, 0.4) is 0 Å². The van der Waals surface area contributed by atoms with Crippen molar-refractivity contribution in [2.45, 2.75) is 17.7 Å². The fourth-order valence-electron chi connectivity index (χ4n) is 3.35. The minimum absolute atomic E-state index is 0.194. The molecule has 2 heterocycles. The Kier molecular flexibility index (Phi) is 4.44. The average Bonchev–Trinajstić information content (AvgIpc) is 2.75. The Balaban J connectivity index is 1.59. The number of ether oxygens (including phenoxy) is 1. The van der Waals surface area contributed by atoms with Crippen LogP contribution in [-0.4, -0.2) is 67.4 Å². The van der Waals surface area contributed by atoms with E-state index in [2.05, 4.69) is 0 Å². The number of sulfone groups is 1. The lowest BCUT2D eigenvalue weighted by atomic mass is 10.0. The van der Waals surface area contributed by atoms with Gasteiger partial charge in [-0.2, -0.15) is 0 Å². The maximum absolute atomic E-state index is 12.8. The van der Waals surface area contributed by atoms with Gasteiger partial charge in [-0.05, 0) is 24.3 Å². The van der Waals surface area contributed by atoms with Gasteiger partial charge in [0.1, 0.15) is 22.2 Å². The van der Waals surface area contributed by atoms with Gasteiger partial charge in [0.2, 0.25) is 5.91 Å². The molecule has 2 saturated heterocycles. The normalized spacial score (nSPS) is 21.6. The van der Waals surface area contributed by atoms with Gasteiger partial charge >= 0.3 is 0 Å². The molecule has 0 bridgehead atoms. The van der Waals surface area contributed by atoms with Crippen LogP contribution in [0, 0.1) is 5.82 Å². The molecule has 136 valence electrons. The summed E-state index contributed by atoms with van der Waals surface area (Å²) in [5.74, 6) is -1.16. The van der Waals surface area contributed by atoms with Crippen molar-refractivity contribution < 1.29 is 27.1 Å². The molecule has 9 heteroatoms. The van der Waals surface area contributed by atoms with Gasteiger partial charge < -0.3 is 14.5 Å². The number of likely N-dealkylation sites (tertiary alicyclic amines) is 1. The maximum Gasteiger partial charge on any atom is 0.260 e. The van der Waals surface area contributed by atoms with Crippen molar-refractivity contribution in [1.29, 1.82) is 0 Å². The van der Waals surface area contributed by atoms with Crippen molar-refractivity contribution in [2.24, 2.45) is 0 Å². The van der Waals surface area contributed by atoms with E-state index in [9.17, 15) is 22.4 Å². The first-order chi connectivity index (χ1) is 11.7. The molecule has 2 aliphatic heterocycles. The molecule has 2 fully saturated rings. The first kappa shape index (κ1) is 17.7. The summed E-state index contributed by atoms with van der Waals surface area (Å²) in [5, 5.41) is 0. The molecule has 0 saturated carbocycles. The van der Waals surface area contributed by atoms with Gasteiger partial charge in [0.15, 0.2) is 16.4 Å². The lowest BCUT2D eigenvalue weighted by Crippen LogP contribution is -2.56. The quantitative estimate of drug-likeness (QED) is 0.770. The number of halogens is 1. The van der Waals surface area contributed by atoms with Gasteiger partial charge in [-0.15, -0.1) is 0 Å². The molecule has 2 amide bonds. The largest absolute Gasteiger partial charge is 0.484 e. The third-order valence-corrected chi connectivity index (χ3v) is 7.42. The van der Waals surface area contributed by atoms with Crippen LogP contribution in [0.4, 0.5) is 4.39 Å². The number of carbonyl (C=O) groups is 2. The molecule has 1 aromatic carbocycles. The minimum atomic E-state index is -3.54. The number of benzene rings is 1. The molecule has 0 N–H and O–H groups in total. The van der Waals surface area contributed by atoms with E-state index in [1.54, 1.807) is 0 Å². The first-order valence-electron chi connectivity index (χ1n) is 7.90. The Morgan fingerprint density at radius 1 is 1.24 bits per heavy atom. The standard InChI is InChI=1S/C16H19FN2O5S/c1-18-15(21)11-25(22,23)16(18)6-8-19(9-7-16)14(20)10-24-13-4-2-12(17)3-5-13/h2-5H,6-11H2,1H3. The highest BCUT2D eigenvalue weighted by Gasteiger charge is 2.57. The number of nitrogens with zero attached hydrogens (tertiary/aromatic N) is 2. The van der Waals surface area contributed by atoms with Crippen molar-refractivity contribution >= 4 is 21.7 Å². The monoisotopic (exact) mass is 370 g/mol. The van der Waals surface area contributed by atoms with Crippen LogP contribution >= 0.6 is 0 Å². The van der Waals surface area contributed by atoms with E-state index in [1.807, 2.05) is 0 Å². The van der Waals surface area contributed by atoms with Crippen LogP contribution in [0.15, 0.2) is 24.3 Å². The summed E-state index contributed by atoms with van der Waals surface area (Å²) in [6, 6.07) is 5.34. The highest BCUT2D eigenvalue weighted by molar-refractivity contribution is 7.93. The molecule has 25 heavy (non-hydrogen) atoms. The third kappa shape index (κ3) is 3.08. The molecule has 0 aliphatic carbocycles. The molecular formula is C16H19FN2O5S. The average molecular weight is 370 g/mol. The van der Waals surface area contributed by atoms with E-state index < -0.39 is 32.2 Å². The Hall–Kier alpha value is -2.16. The molecular weight excluding hydrogens is 351 g/mol. The van der Waals surface area contributed by atoms with Crippen molar-refractivity contribution in [2.75, 3.05) is 32.5 Å². The van der Waals surface area contributed by atoms with Gasteiger partial charge in [0, 0.05) is 33.0 Å². The van der Waals surface area contributed by atoms with E-state index >= 15 is 0 Å². The molecule has 0 atom stereocenters. The smallest absolute Gasteiger partial charge is 0.260 e. The summed E-state index contributed by atoms with van der Waals surface area (Å²) in [5.41, 5.74) is 0. The summed E-state index contributed by atoms with van der Waals surface area (Å²) in [4.78, 5) is 25.7.